The predicted octanol–water partition coefficient (Wildman–Crippen LogP) is 3.69. The van der Waals surface area contributed by atoms with Gasteiger partial charge in [0.2, 0.25) is 11.0 Å². The molecule has 0 bridgehead atoms. The summed E-state index contributed by atoms with van der Waals surface area (Å²) in [6, 6.07) is 12.5. The molecule has 1 atom stereocenters. The fraction of sp³-hybridized carbons (Fsp3) is 0.250. The zero-order valence-electron chi connectivity index (χ0n) is 16.5. The number of aromatic nitrogens is 2. The summed E-state index contributed by atoms with van der Waals surface area (Å²) in [6.07, 6.45) is 0.376. The van der Waals surface area contributed by atoms with Crippen LogP contribution in [0.1, 0.15) is 23.8 Å². The molecule has 3 aromatic rings. The van der Waals surface area contributed by atoms with Crippen LogP contribution in [0, 0.1) is 0 Å². The van der Waals surface area contributed by atoms with Crippen LogP contribution in [-0.2, 0) is 20.9 Å². The third-order valence-electron chi connectivity index (χ3n) is 4.85. The van der Waals surface area contributed by atoms with Crippen LogP contribution >= 0.6 is 34.4 Å². The molecule has 1 aliphatic heterocycles. The van der Waals surface area contributed by atoms with E-state index in [4.69, 9.17) is 0 Å². The van der Waals surface area contributed by atoms with Crippen molar-refractivity contribution < 1.29 is 14.4 Å². The predicted molar refractivity (Wildman–Crippen MR) is 121 cm³/mol. The van der Waals surface area contributed by atoms with Crippen LogP contribution in [0.15, 0.2) is 52.2 Å². The molecule has 2 aromatic heterocycles. The van der Waals surface area contributed by atoms with Gasteiger partial charge in [-0.25, -0.2) is 4.79 Å². The van der Waals surface area contributed by atoms with Gasteiger partial charge in [0.25, 0.3) is 5.91 Å². The second kappa shape index (κ2) is 9.16. The lowest BCUT2D eigenvalue weighted by atomic mass is 9.87. The topological polar surface area (TPSA) is 104 Å². The average Bonchev–Trinajstić information content (AvgIpc) is 3.50. The molecule has 4 rings (SSSR count). The third kappa shape index (κ3) is 4.48. The van der Waals surface area contributed by atoms with Crippen molar-refractivity contribution in [3.63, 3.8) is 0 Å². The number of anilines is 1. The first-order valence-corrected chi connectivity index (χ1v) is 12.2. The van der Waals surface area contributed by atoms with E-state index in [0.29, 0.717) is 17.1 Å². The van der Waals surface area contributed by atoms with Gasteiger partial charge in [-0.05, 0) is 23.4 Å². The summed E-state index contributed by atoms with van der Waals surface area (Å²) in [7, 11) is 0. The number of hydrogen-bond donors (Lipinski definition) is 2. The number of thioether (sulfide) groups is 1. The molecule has 31 heavy (non-hydrogen) atoms. The summed E-state index contributed by atoms with van der Waals surface area (Å²) in [4.78, 5) is 40.3. The smallest absolute Gasteiger partial charge is 0.319 e. The number of nitrogens with one attached hydrogen (secondary N) is 2. The van der Waals surface area contributed by atoms with Crippen LogP contribution in [0.2, 0.25) is 0 Å². The van der Waals surface area contributed by atoms with Crippen LogP contribution in [0.3, 0.4) is 0 Å². The molecule has 0 saturated carbocycles. The molecule has 0 aliphatic carbocycles. The lowest BCUT2D eigenvalue weighted by Gasteiger charge is -2.25. The van der Waals surface area contributed by atoms with E-state index in [1.165, 1.54) is 28.0 Å². The van der Waals surface area contributed by atoms with Gasteiger partial charge in [-0.1, -0.05) is 66.4 Å². The van der Waals surface area contributed by atoms with Crippen LogP contribution in [0.25, 0.3) is 0 Å². The maximum Gasteiger partial charge on any atom is 0.325 e. The Morgan fingerprint density at radius 3 is 2.71 bits per heavy atom. The van der Waals surface area contributed by atoms with Crippen molar-refractivity contribution in [1.29, 1.82) is 0 Å². The molecule has 3 heterocycles. The molecule has 8 nitrogen and oxygen atoms in total. The van der Waals surface area contributed by atoms with Gasteiger partial charge in [0.05, 0.1) is 0 Å². The van der Waals surface area contributed by atoms with Crippen molar-refractivity contribution in [2.45, 2.75) is 29.0 Å². The number of benzene rings is 1. The Balaban J connectivity index is 1.38. The Hall–Kier alpha value is -2.76. The van der Waals surface area contributed by atoms with Crippen LogP contribution in [-0.4, -0.2) is 39.5 Å². The van der Waals surface area contributed by atoms with E-state index >= 15 is 0 Å². The van der Waals surface area contributed by atoms with Crippen molar-refractivity contribution in [3.05, 3.63) is 58.3 Å². The van der Waals surface area contributed by atoms with Crippen molar-refractivity contribution in [2.75, 3.05) is 11.9 Å². The molecule has 1 aliphatic rings. The number of carbonyl (C=O) groups is 3. The van der Waals surface area contributed by atoms with Gasteiger partial charge in [0.15, 0.2) is 4.34 Å². The number of urea groups is 1. The van der Waals surface area contributed by atoms with Gasteiger partial charge in [-0.2, -0.15) is 0 Å². The number of rotatable bonds is 8. The highest BCUT2D eigenvalue weighted by atomic mass is 32.2. The molecule has 1 aromatic carbocycles. The molecule has 11 heteroatoms. The summed E-state index contributed by atoms with van der Waals surface area (Å²) in [5.41, 5.74) is -0.470. The molecule has 160 valence electrons. The van der Waals surface area contributed by atoms with E-state index in [-0.39, 0.29) is 0 Å². The van der Waals surface area contributed by atoms with E-state index in [9.17, 15) is 14.4 Å². The van der Waals surface area contributed by atoms with E-state index in [1.807, 2.05) is 42.6 Å². The second-order valence-electron chi connectivity index (χ2n) is 6.74. The number of hydrogen-bond acceptors (Lipinski definition) is 8. The summed E-state index contributed by atoms with van der Waals surface area (Å²) >= 11 is 4.46. The van der Waals surface area contributed by atoms with Gasteiger partial charge in [0.1, 0.15) is 12.1 Å². The van der Waals surface area contributed by atoms with E-state index in [1.54, 1.807) is 23.5 Å². The number of thiophene rings is 1. The lowest BCUT2D eigenvalue weighted by Crippen LogP contribution is -2.44. The monoisotopic (exact) mass is 473 g/mol. The first kappa shape index (κ1) is 21.5. The number of nitrogens with zero attached hydrogens (tertiary/aromatic N) is 3. The summed E-state index contributed by atoms with van der Waals surface area (Å²) in [6.45, 7) is 1.43. The number of carbonyl (C=O) groups excluding carboxylic acids is 3. The summed E-state index contributed by atoms with van der Waals surface area (Å²) in [5, 5.41) is 15.8. The van der Waals surface area contributed by atoms with Crippen LogP contribution in [0.4, 0.5) is 9.93 Å². The zero-order valence-corrected chi connectivity index (χ0v) is 19.0. The maximum atomic E-state index is 13.1. The van der Waals surface area contributed by atoms with Crippen molar-refractivity contribution >= 4 is 57.4 Å². The van der Waals surface area contributed by atoms with Gasteiger partial charge < -0.3 is 5.32 Å². The minimum absolute atomic E-state index is 0.329. The van der Waals surface area contributed by atoms with Crippen LogP contribution < -0.4 is 10.6 Å². The normalized spacial score (nSPS) is 18.3. The SMILES string of the molecule is CC[C@]1(c2ccccc2)NC(=O)N(CC(=O)Nc2nnc(SCc3cccs3)s2)C1=O. The van der Waals surface area contributed by atoms with Gasteiger partial charge in [-0.3, -0.25) is 19.8 Å². The Bertz CT molecular complexity index is 1090. The zero-order chi connectivity index (χ0) is 21.8. The highest BCUT2D eigenvalue weighted by Crippen LogP contribution is 2.33. The van der Waals surface area contributed by atoms with Crippen molar-refractivity contribution in [1.82, 2.24) is 20.4 Å². The van der Waals surface area contributed by atoms with Crippen molar-refractivity contribution in [3.8, 4) is 0 Å². The molecule has 2 N–H and O–H groups in total. The summed E-state index contributed by atoms with van der Waals surface area (Å²) in [5.74, 6) is -0.165. The number of amides is 4. The molecule has 1 fully saturated rings. The Morgan fingerprint density at radius 2 is 2.00 bits per heavy atom. The Labute approximate surface area is 191 Å². The van der Waals surface area contributed by atoms with E-state index in [0.717, 1.165) is 15.0 Å². The molecule has 0 unspecified atom stereocenters. The molecule has 1 saturated heterocycles. The van der Waals surface area contributed by atoms with Gasteiger partial charge in [0, 0.05) is 10.6 Å². The highest BCUT2D eigenvalue weighted by molar-refractivity contribution is 8.00. The highest BCUT2D eigenvalue weighted by Gasteiger charge is 2.51. The molecule has 4 amide bonds. The minimum Gasteiger partial charge on any atom is -0.319 e. The number of imide groups is 1. The fourth-order valence-electron chi connectivity index (χ4n) is 3.28. The quantitative estimate of drug-likeness (QED) is 0.294. The first-order chi connectivity index (χ1) is 15.0. The third-order valence-corrected chi connectivity index (χ3v) is 7.93. The van der Waals surface area contributed by atoms with E-state index in [2.05, 4.69) is 20.8 Å². The molecule has 0 spiro atoms. The lowest BCUT2D eigenvalue weighted by molar-refractivity contribution is -0.134. The summed E-state index contributed by atoms with van der Waals surface area (Å²) < 4.78 is 0.729. The second-order valence-corrected chi connectivity index (χ2v) is 9.97. The average molecular weight is 474 g/mol. The van der Waals surface area contributed by atoms with Gasteiger partial charge in [-0.15, -0.1) is 21.5 Å². The molecular weight excluding hydrogens is 454 g/mol. The fourth-order valence-corrected chi connectivity index (χ4v) is 5.82. The molecular formula is C20H19N5O3S3. The standard InChI is InChI=1S/C20H19N5O3S3/c1-2-20(13-7-4-3-5-8-13)16(27)25(18(28)22-20)11-15(26)21-17-23-24-19(31-17)30-12-14-9-6-10-29-14/h3-10H,2,11-12H2,1H3,(H,22,28)(H,21,23,26)/t20-/m1/s1. The molecule has 0 radical (unpaired) electrons. The Kier molecular flexibility index (Phi) is 6.35. The largest absolute Gasteiger partial charge is 0.325 e. The Morgan fingerprint density at radius 1 is 1.19 bits per heavy atom. The van der Waals surface area contributed by atoms with E-state index < -0.39 is 29.9 Å². The van der Waals surface area contributed by atoms with Crippen molar-refractivity contribution in [2.24, 2.45) is 0 Å². The minimum atomic E-state index is -1.16. The van der Waals surface area contributed by atoms with Crippen LogP contribution in [0.5, 0.6) is 0 Å². The first-order valence-electron chi connectivity index (χ1n) is 9.50. The van der Waals surface area contributed by atoms with Gasteiger partial charge >= 0.3 is 6.03 Å². The maximum absolute atomic E-state index is 13.1.